The Bertz CT molecular complexity index is 763. The van der Waals surface area contributed by atoms with Gasteiger partial charge in [0.1, 0.15) is 5.75 Å². The minimum atomic E-state index is -0.00309. The van der Waals surface area contributed by atoms with Gasteiger partial charge in [0.25, 0.3) is 5.91 Å². The van der Waals surface area contributed by atoms with Gasteiger partial charge in [-0.05, 0) is 36.1 Å². The normalized spacial score (nSPS) is 15.3. The Kier molecular flexibility index (Phi) is 4.20. The monoisotopic (exact) mass is 307 g/mol. The highest BCUT2D eigenvalue weighted by Crippen LogP contribution is 2.36. The third kappa shape index (κ3) is 2.87. The topological polar surface area (TPSA) is 40.5 Å². The van der Waals surface area contributed by atoms with Crippen LogP contribution in [0.3, 0.4) is 0 Å². The van der Waals surface area contributed by atoms with E-state index in [4.69, 9.17) is 0 Å². The van der Waals surface area contributed by atoms with Gasteiger partial charge < -0.3 is 10.0 Å². The molecule has 0 atom stereocenters. The number of allylic oxidation sites excluding steroid dienone is 1. The number of aryl methyl sites for hydroxylation is 1. The number of phenolic OH excluding ortho intramolecular Hbond substituents is 1. The summed E-state index contributed by atoms with van der Waals surface area (Å²) in [5, 5.41) is 10.2. The second-order valence-corrected chi connectivity index (χ2v) is 5.92. The Morgan fingerprint density at radius 2 is 1.87 bits per heavy atom. The molecular formula is C20H21NO2. The molecule has 2 aromatic rings. The lowest BCUT2D eigenvalue weighted by molar-refractivity contribution is 0.0874. The van der Waals surface area contributed by atoms with Gasteiger partial charge in [-0.25, -0.2) is 0 Å². The van der Waals surface area contributed by atoms with Gasteiger partial charge in [0.15, 0.2) is 0 Å². The first-order chi connectivity index (χ1) is 11.1. The molecule has 0 aromatic heterocycles. The number of nitrogens with zero attached hydrogens (tertiary/aromatic N) is 1. The molecule has 118 valence electrons. The summed E-state index contributed by atoms with van der Waals surface area (Å²) in [5.74, 6) is 0.274. The van der Waals surface area contributed by atoms with Crippen molar-refractivity contribution in [3.05, 3.63) is 70.8 Å². The summed E-state index contributed by atoms with van der Waals surface area (Å²) in [6, 6.07) is 13.7. The summed E-state index contributed by atoms with van der Waals surface area (Å²) in [7, 11) is 1.79. The van der Waals surface area contributed by atoms with Gasteiger partial charge in [-0.15, -0.1) is 0 Å². The molecule has 3 nitrogen and oxygen atoms in total. The Hall–Kier alpha value is -2.55. The third-order valence-corrected chi connectivity index (χ3v) is 4.28. The van der Waals surface area contributed by atoms with Crippen LogP contribution in [0.4, 0.5) is 0 Å². The van der Waals surface area contributed by atoms with Crippen molar-refractivity contribution in [1.29, 1.82) is 0 Å². The van der Waals surface area contributed by atoms with E-state index in [0.29, 0.717) is 5.56 Å². The fourth-order valence-corrected chi connectivity index (χ4v) is 3.04. The van der Waals surface area contributed by atoms with Crippen LogP contribution in [0.5, 0.6) is 5.75 Å². The Morgan fingerprint density at radius 3 is 2.57 bits per heavy atom. The zero-order valence-electron chi connectivity index (χ0n) is 13.5. The summed E-state index contributed by atoms with van der Waals surface area (Å²) < 4.78 is 0. The van der Waals surface area contributed by atoms with Gasteiger partial charge in [0.2, 0.25) is 0 Å². The number of hydrogen-bond donors (Lipinski definition) is 1. The van der Waals surface area contributed by atoms with Crippen molar-refractivity contribution in [3.8, 4) is 5.75 Å². The Labute approximate surface area is 136 Å². The fourth-order valence-electron chi connectivity index (χ4n) is 3.04. The molecule has 1 aliphatic rings. The van der Waals surface area contributed by atoms with E-state index in [9.17, 15) is 9.90 Å². The van der Waals surface area contributed by atoms with Crippen molar-refractivity contribution in [2.45, 2.75) is 26.2 Å². The predicted molar refractivity (Wildman–Crippen MR) is 92.3 cm³/mol. The maximum Gasteiger partial charge on any atom is 0.258 e. The fraction of sp³-hybridized carbons (Fsp3) is 0.250. The minimum absolute atomic E-state index is 0.00309. The van der Waals surface area contributed by atoms with Crippen molar-refractivity contribution >= 4 is 11.6 Å². The molecule has 0 saturated heterocycles. The lowest BCUT2D eigenvalue weighted by Crippen LogP contribution is -2.17. The predicted octanol–water partition coefficient (Wildman–Crippen LogP) is 4.01. The summed E-state index contributed by atoms with van der Waals surface area (Å²) >= 11 is 0. The number of phenols is 1. The number of rotatable bonds is 4. The van der Waals surface area contributed by atoms with Crippen LogP contribution in [0.25, 0.3) is 5.70 Å². The van der Waals surface area contributed by atoms with Crippen molar-refractivity contribution in [1.82, 2.24) is 4.90 Å². The largest absolute Gasteiger partial charge is 0.508 e. The van der Waals surface area contributed by atoms with Crippen molar-refractivity contribution in [3.63, 3.8) is 0 Å². The van der Waals surface area contributed by atoms with E-state index >= 15 is 0 Å². The maximum atomic E-state index is 12.5. The van der Waals surface area contributed by atoms with Crippen LogP contribution in [0, 0.1) is 0 Å². The van der Waals surface area contributed by atoms with E-state index in [1.54, 1.807) is 18.0 Å². The van der Waals surface area contributed by atoms with E-state index in [0.717, 1.165) is 36.1 Å². The van der Waals surface area contributed by atoms with Gasteiger partial charge in [-0.3, -0.25) is 4.79 Å². The molecule has 0 bridgehead atoms. The number of amides is 1. The van der Waals surface area contributed by atoms with Gasteiger partial charge in [-0.1, -0.05) is 49.8 Å². The Balaban J connectivity index is 1.98. The van der Waals surface area contributed by atoms with Crippen LogP contribution in [-0.4, -0.2) is 23.0 Å². The molecule has 0 aliphatic carbocycles. The summed E-state index contributed by atoms with van der Waals surface area (Å²) in [6.45, 7) is 2.06. The molecule has 0 saturated carbocycles. The molecule has 0 unspecified atom stereocenters. The smallest absolute Gasteiger partial charge is 0.258 e. The van der Waals surface area contributed by atoms with E-state index in [1.807, 2.05) is 24.3 Å². The molecule has 1 heterocycles. The third-order valence-electron chi connectivity index (χ3n) is 4.28. The van der Waals surface area contributed by atoms with Crippen molar-refractivity contribution in [2.75, 3.05) is 7.05 Å². The first-order valence-corrected chi connectivity index (χ1v) is 8.00. The first-order valence-electron chi connectivity index (χ1n) is 8.00. The molecule has 1 N–H and O–H groups in total. The number of carbonyl (C=O) groups excluding carboxylic acids is 1. The summed E-state index contributed by atoms with van der Waals surface area (Å²) in [6.07, 6.45) is 4.52. The molecule has 3 rings (SSSR count). The molecule has 2 aromatic carbocycles. The SMILES string of the molecule is CCCc1cc2c(cc1O)/C(=C\Cc1ccccc1)N(C)C2=O. The molecule has 23 heavy (non-hydrogen) atoms. The Morgan fingerprint density at radius 1 is 1.13 bits per heavy atom. The number of aromatic hydroxyl groups is 1. The van der Waals surface area contributed by atoms with E-state index in [1.165, 1.54) is 5.56 Å². The lowest BCUT2D eigenvalue weighted by Gasteiger charge is -2.11. The van der Waals surface area contributed by atoms with E-state index in [2.05, 4.69) is 25.1 Å². The molecular weight excluding hydrogens is 286 g/mol. The van der Waals surface area contributed by atoms with Crippen LogP contribution in [0.1, 0.15) is 40.4 Å². The standard InChI is InChI=1S/C20H21NO2/c1-3-7-15-12-17-16(13-19(15)22)18(21(2)20(17)23)11-10-14-8-5-4-6-9-14/h4-6,8-9,11-13,22H,3,7,10H2,1-2H3/b18-11+. The average Bonchev–Trinajstić information content (AvgIpc) is 2.78. The molecule has 0 radical (unpaired) electrons. The van der Waals surface area contributed by atoms with Crippen LogP contribution >= 0.6 is 0 Å². The van der Waals surface area contributed by atoms with Crippen LogP contribution in [-0.2, 0) is 12.8 Å². The zero-order valence-corrected chi connectivity index (χ0v) is 13.5. The first kappa shape index (κ1) is 15.3. The minimum Gasteiger partial charge on any atom is -0.508 e. The number of carbonyl (C=O) groups is 1. The van der Waals surface area contributed by atoms with E-state index in [-0.39, 0.29) is 11.7 Å². The van der Waals surface area contributed by atoms with Gasteiger partial charge >= 0.3 is 0 Å². The lowest BCUT2D eigenvalue weighted by atomic mass is 10.00. The van der Waals surface area contributed by atoms with Gasteiger partial charge in [0, 0.05) is 23.9 Å². The van der Waals surface area contributed by atoms with E-state index < -0.39 is 0 Å². The second kappa shape index (κ2) is 6.29. The summed E-state index contributed by atoms with van der Waals surface area (Å²) in [4.78, 5) is 14.2. The van der Waals surface area contributed by atoms with Crippen LogP contribution in [0.2, 0.25) is 0 Å². The molecule has 1 amide bonds. The second-order valence-electron chi connectivity index (χ2n) is 5.92. The van der Waals surface area contributed by atoms with Crippen LogP contribution < -0.4 is 0 Å². The number of fused-ring (bicyclic) bond motifs is 1. The zero-order chi connectivity index (χ0) is 16.4. The van der Waals surface area contributed by atoms with Crippen molar-refractivity contribution < 1.29 is 9.90 Å². The highest BCUT2D eigenvalue weighted by atomic mass is 16.3. The van der Waals surface area contributed by atoms with Gasteiger partial charge in [0.05, 0.1) is 0 Å². The number of benzene rings is 2. The van der Waals surface area contributed by atoms with Crippen molar-refractivity contribution in [2.24, 2.45) is 0 Å². The number of hydrogen-bond acceptors (Lipinski definition) is 2. The quantitative estimate of drug-likeness (QED) is 0.927. The molecule has 0 spiro atoms. The summed E-state index contributed by atoms with van der Waals surface area (Å²) in [5.41, 5.74) is 4.42. The average molecular weight is 307 g/mol. The molecule has 0 fully saturated rings. The highest BCUT2D eigenvalue weighted by molar-refractivity contribution is 6.09. The molecule has 1 aliphatic heterocycles. The highest BCUT2D eigenvalue weighted by Gasteiger charge is 2.30. The maximum absolute atomic E-state index is 12.5. The van der Waals surface area contributed by atoms with Gasteiger partial charge in [-0.2, -0.15) is 0 Å². The van der Waals surface area contributed by atoms with Crippen LogP contribution in [0.15, 0.2) is 48.5 Å². The molecule has 3 heteroatoms.